The number of nitrogens with zero attached hydrogens (tertiary/aromatic N) is 3. The molecule has 6 nitrogen and oxygen atoms in total. The summed E-state index contributed by atoms with van der Waals surface area (Å²) < 4.78 is 25.1. The Morgan fingerprint density at radius 1 is 1.12 bits per heavy atom. The third-order valence-corrected chi connectivity index (χ3v) is 6.56. The van der Waals surface area contributed by atoms with Crippen molar-refractivity contribution in [3.05, 3.63) is 71.0 Å². The van der Waals surface area contributed by atoms with Crippen molar-refractivity contribution in [3.63, 3.8) is 0 Å². The van der Waals surface area contributed by atoms with E-state index in [1.165, 1.54) is 12.1 Å². The Labute approximate surface area is 187 Å². The minimum Gasteiger partial charge on any atom is -0.347 e. The van der Waals surface area contributed by atoms with Crippen molar-refractivity contribution >= 4 is 11.6 Å². The number of hydrazone groups is 1. The normalized spacial score (nSPS) is 23.0. The van der Waals surface area contributed by atoms with Crippen LogP contribution >= 0.6 is 0 Å². The fourth-order valence-electron chi connectivity index (χ4n) is 4.79. The van der Waals surface area contributed by atoms with Gasteiger partial charge in [-0.1, -0.05) is 42.0 Å². The van der Waals surface area contributed by atoms with E-state index in [9.17, 15) is 9.18 Å². The molecule has 32 heavy (non-hydrogen) atoms. The standard InChI is InChI=1S/C25H28FN3O3/c1-18-3-2-4-20(15-18)22-16-23(19-5-7-21(26)8-6-19)29(27-22)24(30)17-28-11-9-25(10-12-28)31-13-14-32-25/h2-8,15,23H,9-14,16-17H2,1H3/t23-/m0/s1. The van der Waals surface area contributed by atoms with E-state index in [-0.39, 0.29) is 17.8 Å². The lowest BCUT2D eigenvalue weighted by molar-refractivity contribution is -0.186. The van der Waals surface area contributed by atoms with E-state index in [2.05, 4.69) is 11.0 Å². The van der Waals surface area contributed by atoms with Gasteiger partial charge in [0.2, 0.25) is 0 Å². The highest BCUT2D eigenvalue weighted by Gasteiger charge is 2.41. The summed E-state index contributed by atoms with van der Waals surface area (Å²) >= 11 is 0. The van der Waals surface area contributed by atoms with E-state index in [4.69, 9.17) is 14.6 Å². The van der Waals surface area contributed by atoms with Gasteiger partial charge in [-0.3, -0.25) is 9.69 Å². The molecule has 0 radical (unpaired) electrons. The van der Waals surface area contributed by atoms with Crippen LogP contribution in [-0.4, -0.2) is 60.2 Å². The molecule has 7 heteroatoms. The average Bonchev–Trinajstić information content (AvgIpc) is 3.44. The highest BCUT2D eigenvalue weighted by molar-refractivity contribution is 6.03. The van der Waals surface area contributed by atoms with Gasteiger partial charge in [0.1, 0.15) is 5.82 Å². The number of carbonyl (C=O) groups excluding carboxylic acids is 1. The van der Waals surface area contributed by atoms with Gasteiger partial charge in [0.25, 0.3) is 5.91 Å². The predicted octanol–water partition coefficient (Wildman–Crippen LogP) is 3.65. The number of hydrogen-bond acceptors (Lipinski definition) is 5. The van der Waals surface area contributed by atoms with E-state index < -0.39 is 5.79 Å². The Morgan fingerprint density at radius 3 is 2.53 bits per heavy atom. The predicted molar refractivity (Wildman–Crippen MR) is 119 cm³/mol. The van der Waals surface area contributed by atoms with Gasteiger partial charge in [0, 0.05) is 32.4 Å². The van der Waals surface area contributed by atoms with Gasteiger partial charge in [-0.2, -0.15) is 5.10 Å². The summed E-state index contributed by atoms with van der Waals surface area (Å²) in [5.41, 5.74) is 3.92. The van der Waals surface area contributed by atoms with Crippen LogP contribution in [0.2, 0.25) is 0 Å². The molecule has 2 saturated heterocycles. The Balaban J connectivity index is 1.34. The average molecular weight is 438 g/mol. The lowest BCUT2D eigenvalue weighted by Gasteiger charge is -2.37. The van der Waals surface area contributed by atoms with Crippen LogP contribution in [0.25, 0.3) is 0 Å². The molecule has 2 fully saturated rings. The molecule has 0 saturated carbocycles. The zero-order valence-corrected chi connectivity index (χ0v) is 18.3. The SMILES string of the molecule is Cc1cccc(C2=NN(C(=O)CN3CCC4(CC3)OCCO4)[C@H](c3ccc(F)cc3)C2)c1. The number of rotatable bonds is 4. The van der Waals surface area contributed by atoms with E-state index in [0.29, 0.717) is 26.2 Å². The minimum absolute atomic E-state index is 0.0498. The summed E-state index contributed by atoms with van der Waals surface area (Å²) in [5.74, 6) is -0.797. The Bertz CT molecular complexity index is 1010. The van der Waals surface area contributed by atoms with Crippen molar-refractivity contribution in [1.82, 2.24) is 9.91 Å². The highest BCUT2D eigenvalue weighted by Crippen LogP contribution is 2.34. The second-order valence-electron chi connectivity index (χ2n) is 8.81. The molecular formula is C25H28FN3O3. The lowest BCUT2D eigenvalue weighted by Crippen LogP contribution is -2.48. The first-order valence-corrected chi connectivity index (χ1v) is 11.2. The quantitative estimate of drug-likeness (QED) is 0.733. The summed E-state index contributed by atoms with van der Waals surface area (Å²) in [7, 11) is 0. The Morgan fingerprint density at radius 2 is 1.84 bits per heavy atom. The molecule has 3 heterocycles. The van der Waals surface area contributed by atoms with Crippen molar-refractivity contribution < 1.29 is 18.7 Å². The molecule has 1 spiro atoms. The van der Waals surface area contributed by atoms with Crippen LogP contribution in [-0.2, 0) is 14.3 Å². The summed E-state index contributed by atoms with van der Waals surface area (Å²) in [4.78, 5) is 15.5. The van der Waals surface area contributed by atoms with Gasteiger partial charge >= 0.3 is 0 Å². The molecular weight excluding hydrogens is 409 g/mol. The number of ether oxygens (including phenoxy) is 2. The van der Waals surface area contributed by atoms with Crippen LogP contribution in [0, 0.1) is 12.7 Å². The second kappa shape index (κ2) is 8.73. The van der Waals surface area contributed by atoms with Crippen LogP contribution in [0.15, 0.2) is 53.6 Å². The number of hydrogen-bond donors (Lipinski definition) is 0. The van der Waals surface area contributed by atoms with E-state index in [1.807, 2.05) is 25.1 Å². The number of halogens is 1. The lowest BCUT2D eigenvalue weighted by atomic mass is 9.97. The molecule has 0 unspecified atom stereocenters. The van der Waals surface area contributed by atoms with Crippen molar-refractivity contribution in [3.8, 4) is 0 Å². The molecule has 0 bridgehead atoms. The number of piperidine rings is 1. The molecule has 1 atom stereocenters. The van der Waals surface area contributed by atoms with E-state index in [1.54, 1.807) is 17.1 Å². The molecule has 0 aliphatic carbocycles. The zero-order valence-electron chi connectivity index (χ0n) is 18.3. The van der Waals surface area contributed by atoms with Gasteiger partial charge in [-0.25, -0.2) is 9.40 Å². The van der Waals surface area contributed by atoms with Crippen molar-refractivity contribution in [2.45, 2.75) is 38.0 Å². The molecule has 0 N–H and O–H groups in total. The largest absolute Gasteiger partial charge is 0.347 e. The fourth-order valence-corrected chi connectivity index (χ4v) is 4.79. The first-order valence-electron chi connectivity index (χ1n) is 11.2. The molecule has 2 aromatic carbocycles. The smallest absolute Gasteiger partial charge is 0.257 e. The van der Waals surface area contributed by atoms with Gasteiger partial charge in [-0.15, -0.1) is 0 Å². The Kier molecular flexibility index (Phi) is 5.80. The molecule has 3 aliphatic heterocycles. The number of aryl methyl sites for hydroxylation is 1. The fraction of sp³-hybridized carbons (Fsp3) is 0.440. The van der Waals surface area contributed by atoms with Crippen molar-refractivity contribution in [2.24, 2.45) is 5.10 Å². The van der Waals surface area contributed by atoms with Crippen LogP contribution in [0.5, 0.6) is 0 Å². The van der Waals surface area contributed by atoms with Gasteiger partial charge in [-0.05, 0) is 30.2 Å². The maximum absolute atomic E-state index is 13.5. The molecule has 5 rings (SSSR count). The monoisotopic (exact) mass is 437 g/mol. The van der Waals surface area contributed by atoms with Gasteiger partial charge in [0.15, 0.2) is 5.79 Å². The number of amides is 1. The summed E-state index contributed by atoms with van der Waals surface area (Å²) in [6.07, 6.45) is 2.13. The summed E-state index contributed by atoms with van der Waals surface area (Å²) in [6.45, 7) is 5.11. The Hall–Kier alpha value is -2.61. The van der Waals surface area contributed by atoms with Crippen LogP contribution in [0.3, 0.4) is 0 Å². The third-order valence-electron chi connectivity index (χ3n) is 6.56. The van der Waals surface area contributed by atoms with E-state index in [0.717, 1.165) is 48.3 Å². The molecule has 1 amide bonds. The summed E-state index contributed by atoms with van der Waals surface area (Å²) in [5, 5.41) is 6.34. The molecule has 0 aromatic heterocycles. The van der Waals surface area contributed by atoms with Crippen molar-refractivity contribution in [1.29, 1.82) is 0 Å². The van der Waals surface area contributed by atoms with Crippen LogP contribution in [0.4, 0.5) is 4.39 Å². The van der Waals surface area contributed by atoms with Gasteiger partial charge < -0.3 is 9.47 Å². The van der Waals surface area contributed by atoms with Crippen LogP contribution < -0.4 is 0 Å². The third kappa shape index (κ3) is 4.33. The van der Waals surface area contributed by atoms with E-state index >= 15 is 0 Å². The number of benzene rings is 2. The summed E-state index contributed by atoms with van der Waals surface area (Å²) in [6, 6.07) is 14.3. The first-order chi connectivity index (χ1) is 15.5. The molecule has 3 aliphatic rings. The van der Waals surface area contributed by atoms with Crippen molar-refractivity contribution in [2.75, 3.05) is 32.8 Å². The maximum atomic E-state index is 13.5. The van der Waals surface area contributed by atoms with Crippen LogP contribution in [0.1, 0.15) is 42.0 Å². The zero-order chi connectivity index (χ0) is 22.1. The minimum atomic E-state index is -0.458. The number of carbonyl (C=O) groups is 1. The molecule has 168 valence electrons. The topological polar surface area (TPSA) is 54.4 Å². The number of likely N-dealkylation sites (tertiary alicyclic amines) is 1. The second-order valence-corrected chi connectivity index (χ2v) is 8.81. The van der Waals surface area contributed by atoms with Gasteiger partial charge in [0.05, 0.1) is 31.5 Å². The molecule has 2 aromatic rings. The maximum Gasteiger partial charge on any atom is 0.257 e. The highest BCUT2D eigenvalue weighted by atomic mass is 19.1. The first kappa shape index (κ1) is 21.2.